The Morgan fingerprint density at radius 3 is 2.64 bits per heavy atom. The number of ketones is 1. The molecule has 2 aromatic rings. The molecule has 0 spiro atoms. The molecular weight excluding hydrogens is 314 g/mol. The first-order valence-electron chi connectivity index (χ1n) is 8.90. The lowest BCUT2D eigenvalue weighted by Crippen LogP contribution is -2.27. The smallest absolute Gasteiger partial charge is 0.315 e. The average Bonchev–Trinajstić information content (AvgIpc) is 2.89. The van der Waals surface area contributed by atoms with Crippen molar-refractivity contribution in [3.63, 3.8) is 0 Å². The van der Waals surface area contributed by atoms with Gasteiger partial charge >= 0.3 is 5.97 Å². The number of carbonyl (C=O) groups excluding carboxylic acids is 2. The van der Waals surface area contributed by atoms with E-state index >= 15 is 0 Å². The molecule has 2 heterocycles. The van der Waals surface area contributed by atoms with E-state index in [1.807, 2.05) is 62.6 Å². The maximum atomic E-state index is 13.1. The van der Waals surface area contributed by atoms with E-state index in [2.05, 4.69) is 0 Å². The number of esters is 1. The molecule has 4 heteroatoms. The Morgan fingerprint density at radius 2 is 1.96 bits per heavy atom. The van der Waals surface area contributed by atoms with Crippen molar-refractivity contribution in [3.05, 3.63) is 58.4 Å². The molecule has 1 aliphatic rings. The van der Waals surface area contributed by atoms with E-state index < -0.39 is 0 Å². The van der Waals surface area contributed by atoms with Gasteiger partial charge < -0.3 is 9.30 Å². The van der Waals surface area contributed by atoms with Gasteiger partial charge in [-0.25, -0.2) is 0 Å². The van der Waals surface area contributed by atoms with Gasteiger partial charge in [-0.2, -0.15) is 0 Å². The topological polar surface area (TPSA) is 48.3 Å². The zero-order chi connectivity index (χ0) is 18.1. The summed E-state index contributed by atoms with van der Waals surface area (Å²) in [6.07, 6.45) is 1.51. The minimum Gasteiger partial charge on any atom is -0.462 e. The van der Waals surface area contributed by atoms with Crippen LogP contribution in [0.5, 0.6) is 0 Å². The van der Waals surface area contributed by atoms with Gasteiger partial charge in [0.05, 0.1) is 17.7 Å². The number of hydrogen-bond donors (Lipinski definition) is 0. The lowest BCUT2D eigenvalue weighted by molar-refractivity contribution is -0.149. The summed E-state index contributed by atoms with van der Waals surface area (Å²) in [5, 5.41) is 0. The van der Waals surface area contributed by atoms with Crippen LogP contribution >= 0.6 is 0 Å². The average molecular weight is 339 g/mol. The van der Waals surface area contributed by atoms with Crippen LogP contribution in [-0.2, 0) is 16.1 Å². The first kappa shape index (κ1) is 17.5. The highest BCUT2D eigenvalue weighted by molar-refractivity contribution is 6.09. The van der Waals surface area contributed by atoms with Crippen molar-refractivity contribution in [2.75, 3.05) is 0 Å². The molecular formula is C21H25NO3. The summed E-state index contributed by atoms with van der Waals surface area (Å²) >= 11 is 0. The Morgan fingerprint density at radius 1 is 1.20 bits per heavy atom. The molecule has 25 heavy (non-hydrogen) atoms. The van der Waals surface area contributed by atoms with Gasteiger partial charge in [-0.05, 0) is 58.2 Å². The van der Waals surface area contributed by atoms with Crippen molar-refractivity contribution in [1.29, 1.82) is 0 Å². The number of carbonyl (C=O) groups is 2. The van der Waals surface area contributed by atoms with Gasteiger partial charge in [0.1, 0.15) is 0 Å². The van der Waals surface area contributed by atoms with Gasteiger partial charge in [-0.15, -0.1) is 0 Å². The molecule has 0 fully saturated rings. The molecule has 1 atom stereocenters. The third kappa shape index (κ3) is 3.39. The number of benzene rings is 1. The Labute approximate surface area is 148 Å². The second-order valence-electron chi connectivity index (χ2n) is 7.13. The lowest BCUT2D eigenvalue weighted by Gasteiger charge is -2.25. The molecule has 0 N–H and O–H groups in total. The molecule has 1 unspecified atom stereocenters. The quantitative estimate of drug-likeness (QED) is 0.620. The van der Waals surface area contributed by atoms with Gasteiger partial charge in [0, 0.05) is 17.8 Å². The Balaban J connectivity index is 2.00. The molecule has 0 aliphatic carbocycles. The van der Waals surface area contributed by atoms with Gasteiger partial charge in [0.25, 0.3) is 0 Å². The van der Waals surface area contributed by atoms with E-state index in [1.54, 1.807) is 0 Å². The number of fused-ring (bicyclic) bond motifs is 1. The fourth-order valence-electron chi connectivity index (χ4n) is 3.62. The molecule has 1 aromatic heterocycles. The fraction of sp³-hybridized carbons (Fsp3) is 0.429. The van der Waals surface area contributed by atoms with Crippen LogP contribution in [-0.4, -0.2) is 22.4 Å². The van der Waals surface area contributed by atoms with Gasteiger partial charge in [0.15, 0.2) is 0 Å². The van der Waals surface area contributed by atoms with Crippen LogP contribution in [0.1, 0.15) is 65.5 Å². The summed E-state index contributed by atoms with van der Waals surface area (Å²) in [7, 11) is 0. The Kier molecular flexibility index (Phi) is 4.80. The normalized spacial score (nSPS) is 16.6. The van der Waals surface area contributed by atoms with Crippen LogP contribution in [0.4, 0.5) is 0 Å². The van der Waals surface area contributed by atoms with Crippen LogP contribution in [0.15, 0.2) is 30.3 Å². The first-order valence-corrected chi connectivity index (χ1v) is 8.90. The molecule has 3 rings (SSSR count). The summed E-state index contributed by atoms with van der Waals surface area (Å²) in [5.41, 5.74) is 4.28. The van der Waals surface area contributed by atoms with Crippen LogP contribution < -0.4 is 0 Å². The predicted molar refractivity (Wildman–Crippen MR) is 97.0 cm³/mol. The van der Waals surface area contributed by atoms with Crippen molar-refractivity contribution < 1.29 is 14.3 Å². The summed E-state index contributed by atoms with van der Waals surface area (Å²) in [5.74, 6) is -0.456. The van der Waals surface area contributed by atoms with Gasteiger partial charge in [0.2, 0.25) is 5.78 Å². The molecule has 0 saturated heterocycles. The van der Waals surface area contributed by atoms with Crippen LogP contribution in [0.25, 0.3) is 0 Å². The van der Waals surface area contributed by atoms with Crippen LogP contribution in [0.3, 0.4) is 0 Å². The van der Waals surface area contributed by atoms with Gasteiger partial charge in [-0.1, -0.05) is 23.8 Å². The van der Waals surface area contributed by atoms with E-state index in [4.69, 9.17) is 4.74 Å². The van der Waals surface area contributed by atoms with E-state index in [0.29, 0.717) is 11.3 Å². The monoisotopic (exact) mass is 339 g/mol. The molecule has 1 aromatic carbocycles. The highest BCUT2D eigenvalue weighted by Gasteiger charge is 2.32. The number of hydrogen-bond acceptors (Lipinski definition) is 3. The first-order chi connectivity index (χ1) is 11.9. The lowest BCUT2D eigenvalue weighted by atomic mass is 9.96. The maximum absolute atomic E-state index is 13.1. The van der Waals surface area contributed by atoms with Crippen molar-refractivity contribution >= 4 is 11.8 Å². The minimum atomic E-state index is -0.283. The summed E-state index contributed by atoms with van der Waals surface area (Å²) < 4.78 is 7.44. The molecule has 0 saturated carbocycles. The SMILES string of the molecule is Cc1cccc(C(=O)c2c(C)cc3n2CCCC3C(=O)OC(C)C)c1. The molecule has 0 bridgehead atoms. The van der Waals surface area contributed by atoms with E-state index in [1.165, 1.54) is 0 Å². The number of ether oxygens (including phenoxy) is 1. The van der Waals surface area contributed by atoms with Crippen molar-refractivity contribution in [2.45, 2.75) is 59.1 Å². The summed E-state index contributed by atoms with van der Waals surface area (Å²) in [6, 6.07) is 9.63. The maximum Gasteiger partial charge on any atom is 0.315 e. The van der Waals surface area contributed by atoms with Crippen LogP contribution in [0.2, 0.25) is 0 Å². The largest absolute Gasteiger partial charge is 0.462 e. The number of aryl methyl sites for hydroxylation is 2. The predicted octanol–water partition coefficient (Wildman–Crippen LogP) is 4.16. The second-order valence-corrected chi connectivity index (χ2v) is 7.13. The Hall–Kier alpha value is -2.36. The van der Waals surface area contributed by atoms with E-state index in [0.717, 1.165) is 36.2 Å². The molecule has 1 aliphatic heterocycles. The highest BCUT2D eigenvalue weighted by Crippen LogP contribution is 2.33. The fourth-order valence-corrected chi connectivity index (χ4v) is 3.62. The number of aromatic nitrogens is 1. The third-order valence-electron chi connectivity index (χ3n) is 4.68. The second kappa shape index (κ2) is 6.87. The molecule has 132 valence electrons. The van der Waals surface area contributed by atoms with E-state index in [-0.39, 0.29) is 23.8 Å². The van der Waals surface area contributed by atoms with Crippen molar-refractivity contribution in [3.8, 4) is 0 Å². The van der Waals surface area contributed by atoms with Crippen molar-refractivity contribution in [2.24, 2.45) is 0 Å². The third-order valence-corrected chi connectivity index (χ3v) is 4.68. The molecule has 0 radical (unpaired) electrons. The highest BCUT2D eigenvalue weighted by atomic mass is 16.5. The van der Waals surface area contributed by atoms with E-state index in [9.17, 15) is 9.59 Å². The summed E-state index contributed by atoms with van der Waals surface area (Å²) in [4.78, 5) is 25.5. The summed E-state index contributed by atoms with van der Waals surface area (Å²) in [6.45, 7) is 8.41. The number of nitrogens with zero attached hydrogens (tertiary/aromatic N) is 1. The molecule has 4 nitrogen and oxygen atoms in total. The van der Waals surface area contributed by atoms with Crippen LogP contribution in [0, 0.1) is 13.8 Å². The standard InChI is InChI=1S/C21H25NO3/c1-13(2)25-21(24)17-9-6-10-22-18(17)12-15(4)19(22)20(23)16-8-5-7-14(3)11-16/h5,7-8,11-13,17H,6,9-10H2,1-4H3. The van der Waals surface area contributed by atoms with Gasteiger partial charge in [-0.3, -0.25) is 9.59 Å². The Bertz CT molecular complexity index is 817. The zero-order valence-electron chi connectivity index (χ0n) is 15.3. The zero-order valence-corrected chi connectivity index (χ0v) is 15.3. The molecule has 0 amide bonds. The number of rotatable bonds is 4. The minimum absolute atomic E-state index is 0.0188. The van der Waals surface area contributed by atoms with Crippen molar-refractivity contribution in [1.82, 2.24) is 4.57 Å².